The van der Waals surface area contributed by atoms with Gasteiger partial charge >= 0.3 is 6.61 Å². The number of alkyl halides is 2. The van der Waals surface area contributed by atoms with E-state index in [1.807, 2.05) is 6.92 Å². The van der Waals surface area contributed by atoms with Gasteiger partial charge in [0.25, 0.3) is 0 Å². The van der Waals surface area contributed by atoms with Crippen molar-refractivity contribution < 1.29 is 23.0 Å². The van der Waals surface area contributed by atoms with Crippen molar-refractivity contribution in [3.05, 3.63) is 53.6 Å². The molecule has 0 radical (unpaired) electrons. The second kappa shape index (κ2) is 14.9. The number of guanidine groups is 1. The lowest BCUT2D eigenvalue weighted by Gasteiger charge is -2.15. The number of benzene rings is 2. The number of para-hydroxylation sites is 1. The van der Waals surface area contributed by atoms with Crippen molar-refractivity contribution in [3.8, 4) is 23.8 Å². The van der Waals surface area contributed by atoms with Gasteiger partial charge < -0.3 is 25.4 Å². The molecular formula is C23H27F2IN4O3. The molecule has 0 aromatic heterocycles. The highest BCUT2D eigenvalue weighted by Gasteiger charge is 2.16. The smallest absolute Gasteiger partial charge is 0.387 e. The molecule has 3 N–H and O–H groups in total. The molecule has 0 bridgehead atoms. The van der Waals surface area contributed by atoms with Gasteiger partial charge in [-0.2, -0.15) is 8.78 Å². The second-order valence-corrected chi connectivity index (χ2v) is 6.38. The fourth-order valence-corrected chi connectivity index (χ4v) is 2.74. The maximum Gasteiger partial charge on any atom is 0.387 e. The first-order valence-corrected chi connectivity index (χ1v) is 10.0. The maximum absolute atomic E-state index is 12.9. The molecule has 0 spiro atoms. The van der Waals surface area contributed by atoms with Crippen LogP contribution in [0.15, 0.2) is 47.5 Å². The summed E-state index contributed by atoms with van der Waals surface area (Å²) in [5.41, 5.74) is 1.65. The molecule has 0 aliphatic rings. The van der Waals surface area contributed by atoms with Gasteiger partial charge in [0.15, 0.2) is 17.5 Å². The van der Waals surface area contributed by atoms with E-state index in [9.17, 15) is 13.6 Å². The SMILES string of the molecule is C#Cc1cccc(NC(=O)CNC(=NCc2cccc(OCC)c2OC(F)F)NCC)c1.I. The summed E-state index contributed by atoms with van der Waals surface area (Å²) < 4.78 is 35.8. The molecule has 0 aliphatic heterocycles. The van der Waals surface area contributed by atoms with E-state index in [-0.39, 0.29) is 54.5 Å². The average molecular weight is 572 g/mol. The van der Waals surface area contributed by atoms with Crippen molar-refractivity contribution in [3.63, 3.8) is 0 Å². The minimum Gasteiger partial charge on any atom is -0.490 e. The van der Waals surface area contributed by atoms with Gasteiger partial charge in [-0.3, -0.25) is 4.79 Å². The number of anilines is 1. The van der Waals surface area contributed by atoms with E-state index < -0.39 is 6.61 Å². The van der Waals surface area contributed by atoms with Crippen LogP contribution in [0.4, 0.5) is 14.5 Å². The van der Waals surface area contributed by atoms with Crippen LogP contribution in [-0.2, 0) is 11.3 Å². The average Bonchev–Trinajstić information content (AvgIpc) is 2.77. The Morgan fingerprint density at radius 2 is 1.94 bits per heavy atom. The molecule has 1 amide bonds. The number of nitrogens with one attached hydrogen (secondary N) is 3. The zero-order chi connectivity index (χ0) is 23.3. The van der Waals surface area contributed by atoms with Gasteiger partial charge in [-0.05, 0) is 38.1 Å². The van der Waals surface area contributed by atoms with Gasteiger partial charge in [-0.15, -0.1) is 30.4 Å². The number of ether oxygens (including phenoxy) is 2. The minimum atomic E-state index is -3.00. The number of rotatable bonds is 10. The van der Waals surface area contributed by atoms with Crippen LogP contribution in [0.25, 0.3) is 0 Å². The molecule has 0 atom stereocenters. The highest BCUT2D eigenvalue weighted by Crippen LogP contribution is 2.33. The molecule has 0 aliphatic carbocycles. The second-order valence-electron chi connectivity index (χ2n) is 6.38. The Kier molecular flexibility index (Phi) is 12.6. The van der Waals surface area contributed by atoms with Gasteiger partial charge in [-0.1, -0.05) is 24.1 Å². The van der Waals surface area contributed by atoms with E-state index >= 15 is 0 Å². The van der Waals surface area contributed by atoms with Crippen LogP contribution in [-0.4, -0.2) is 38.2 Å². The van der Waals surface area contributed by atoms with E-state index in [1.165, 1.54) is 0 Å². The predicted molar refractivity (Wildman–Crippen MR) is 135 cm³/mol. The van der Waals surface area contributed by atoms with Crippen LogP contribution in [0.1, 0.15) is 25.0 Å². The number of terminal acetylenes is 1. The fraction of sp³-hybridized carbons (Fsp3) is 0.304. The molecule has 0 unspecified atom stereocenters. The topological polar surface area (TPSA) is 84.0 Å². The third-order valence-electron chi connectivity index (χ3n) is 4.05. The molecule has 178 valence electrons. The van der Waals surface area contributed by atoms with Crippen molar-refractivity contribution >= 4 is 41.5 Å². The molecule has 0 saturated heterocycles. The molecule has 33 heavy (non-hydrogen) atoms. The Labute approximate surface area is 209 Å². The van der Waals surface area contributed by atoms with E-state index in [1.54, 1.807) is 49.4 Å². The summed E-state index contributed by atoms with van der Waals surface area (Å²) in [6.45, 7) is 1.42. The number of amides is 1. The maximum atomic E-state index is 12.9. The van der Waals surface area contributed by atoms with E-state index in [2.05, 4.69) is 31.6 Å². The Bertz CT molecular complexity index is 980. The third-order valence-corrected chi connectivity index (χ3v) is 4.05. The number of hydrogen-bond donors (Lipinski definition) is 3. The lowest BCUT2D eigenvalue weighted by molar-refractivity contribution is -0.115. The summed E-state index contributed by atoms with van der Waals surface area (Å²) in [6, 6.07) is 11.8. The summed E-state index contributed by atoms with van der Waals surface area (Å²) >= 11 is 0. The van der Waals surface area contributed by atoms with E-state index in [4.69, 9.17) is 11.2 Å². The lowest BCUT2D eigenvalue weighted by Crippen LogP contribution is -2.41. The minimum absolute atomic E-state index is 0. The largest absolute Gasteiger partial charge is 0.490 e. The molecule has 10 heteroatoms. The van der Waals surface area contributed by atoms with Crippen LogP contribution in [0.2, 0.25) is 0 Å². The molecule has 7 nitrogen and oxygen atoms in total. The summed E-state index contributed by atoms with van der Waals surface area (Å²) in [5, 5.41) is 8.65. The van der Waals surface area contributed by atoms with E-state index in [0.29, 0.717) is 35.9 Å². The summed E-state index contributed by atoms with van der Waals surface area (Å²) in [5.74, 6) is 2.70. The quantitative estimate of drug-likeness (QED) is 0.174. The van der Waals surface area contributed by atoms with Crippen LogP contribution in [0.5, 0.6) is 11.5 Å². The molecule has 2 aromatic rings. The van der Waals surface area contributed by atoms with Crippen molar-refractivity contribution in [1.29, 1.82) is 0 Å². The summed E-state index contributed by atoms with van der Waals surface area (Å²) in [6.07, 6.45) is 5.37. The molecule has 0 saturated carbocycles. The van der Waals surface area contributed by atoms with Crippen LogP contribution >= 0.6 is 24.0 Å². The standard InChI is InChI=1S/C23H26F2N4O3.HI/c1-4-16-9-7-11-18(13-16)29-20(30)15-28-23(26-5-2)27-14-17-10-8-12-19(31-6-3)21(17)32-22(24)25;/h1,7-13,22H,5-6,14-15H2,2-3H3,(H,29,30)(H2,26,27,28);1H. The first kappa shape index (κ1) is 28.0. The van der Waals surface area contributed by atoms with Crippen LogP contribution < -0.4 is 25.4 Å². The van der Waals surface area contributed by atoms with Crippen molar-refractivity contribution in [2.24, 2.45) is 4.99 Å². The number of carbonyl (C=O) groups is 1. The Morgan fingerprint density at radius 1 is 1.18 bits per heavy atom. The van der Waals surface area contributed by atoms with E-state index in [0.717, 1.165) is 0 Å². The van der Waals surface area contributed by atoms with Crippen LogP contribution in [0.3, 0.4) is 0 Å². The molecule has 0 heterocycles. The highest BCUT2D eigenvalue weighted by atomic mass is 127. The Morgan fingerprint density at radius 3 is 2.61 bits per heavy atom. The first-order valence-electron chi connectivity index (χ1n) is 10.0. The molecule has 0 fully saturated rings. The number of carbonyl (C=O) groups excluding carboxylic acids is 1. The number of halogens is 3. The van der Waals surface area contributed by atoms with Crippen LogP contribution in [0, 0.1) is 12.3 Å². The van der Waals surface area contributed by atoms with Gasteiger partial charge in [0.2, 0.25) is 5.91 Å². The third kappa shape index (κ3) is 9.53. The normalized spacial score (nSPS) is 10.6. The zero-order valence-corrected chi connectivity index (χ0v) is 20.7. The summed E-state index contributed by atoms with van der Waals surface area (Å²) in [4.78, 5) is 16.6. The Balaban J connectivity index is 0.00000544. The Hall–Kier alpha value is -3.07. The predicted octanol–water partition coefficient (Wildman–Crippen LogP) is 3.98. The highest BCUT2D eigenvalue weighted by molar-refractivity contribution is 14.0. The monoisotopic (exact) mass is 572 g/mol. The molecular weight excluding hydrogens is 545 g/mol. The number of hydrogen-bond acceptors (Lipinski definition) is 4. The van der Waals surface area contributed by atoms with Gasteiger partial charge in [-0.25, -0.2) is 4.99 Å². The lowest BCUT2D eigenvalue weighted by atomic mass is 10.2. The number of nitrogens with zero attached hydrogens (tertiary/aromatic N) is 1. The fourth-order valence-electron chi connectivity index (χ4n) is 2.74. The number of aliphatic imine (C=N–C) groups is 1. The van der Waals surface area contributed by atoms with Gasteiger partial charge in [0.1, 0.15) is 0 Å². The van der Waals surface area contributed by atoms with Gasteiger partial charge in [0.05, 0.1) is 19.7 Å². The van der Waals surface area contributed by atoms with Gasteiger partial charge in [0, 0.05) is 23.4 Å². The summed E-state index contributed by atoms with van der Waals surface area (Å²) in [7, 11) is 0. The van der Waals surface area contributed by atoms with Crippen molar-refractivity contribution in [1.82, 2.24) is 10.6 Å². The first-order chi connectivity index (χ1) is 15.5. The molecule has 2 rings (SSSR count). The van der Waals surface area contributed by atoms with Crippen molar-refractivity contribution in [2.45, 2.75) is 27.0 Å². The zero-order valence-electron chi connectivity index (χ0n) is 18.4. The molecule has 2 aromatic carbocycles. The van der Waals surface area contributed by atoms with Crippen molar-refractivity contribution in [2.75, 3.05) is 25.0 Å².